The summed E-state index contributed by atoms with van der Waals surface area (Å²) in [4.78, 5) is 0. The van der Waals surface area contributed by atoms with Gasteiger partial charge in [0.25, 0.3) is 0 Å². The molecule has 0 spiro atoms. The molecule has 0 bridgehead atoms. The number of unbranched alkanes of at least 4 members (excludes halogenated alkanes) is 15. The van der Waals surface area contributed by atoms with Gasteiger partial charge in [-0.05, 0) is 24.7 Å². The molecular weight excluding hydrogens is 408 g/mol. The molecule has 0 fully saturated rings. The van der Waals surface area contributed by atoms with Crippen molar-refractivity contribution in [1.82, 2.24) is 0 Å². The van der Waals surface area contributed by atoms with E-state index in [0.29, 0.717) is 0 Å². The molecule has 0 rings (SSSR count). The molecule has 0 aromatic carbocycles. The lowest BCUT2D eigenvalue weighted by atomic mass is 9.74. The fraction of sp³-hybridized carbons (Fsp3) is 1.00. The van der Waals surface area contributed by atoms with Gasteiger partial charge in [0.05, 0.1) is 6.61 Å². The Bertz CT molecular complexity index is 435. The third kappa shape index (κ3) is 20.2. The van der Waals surface area contributed by atoms with Crippen molar-refractivity contribution in [3.8, 4) is 0 Å². The van der Waals surface area contributed by atoms with Crippen molar-refractivity contribution in [1.29, 1.82) is 0 Å². The molecule has 0 aliphatic rings. The highest BCUT2D eigenvalue weighted by molar-refractivity contribution is 7.80. The first-order valence-corrected chi connectivity index (χ1v) is 14.9. The van der Waals surface area contributed by atoms with Crippen molar-refractivity contribution < 1.29 is 17.2 Å². The molecule has 1 N–H and O–H groups in total. The summed E-state index contributed by atoms with van der Waals surface area (Å²) in [5.41, 5.74) is -0.115. The predicted octanol–water partition coefficient (Wildman–Crippen LogP) is 9.04. The lowest BCUT2D eigenvalue weighted by Crippen LogP contribution is -2.29. The minimum absolute atomic E-state index is 0.115. The van der Waals surface area contributed by atoms with Crippen molar-refractivity contribution in [2.75, 3.05) is 6.61 Å². The standard InChI is InChI=1S/C26H54O4S/c1-4-7-10-13-16-19-22-26(25-30-31(27,28)29,23-20-17-14-11-8-5-2)24-21-18-15-12-9-6-3/h4-25H2,1-3H3,(H,27,28,29). The highest BCUT2D eigenvalue weighted by Crippen LogP contribution is 2.38. The van der Waals surface area contributed by atoms with Crippen LogP contribution < -0.4 is 0 Å². The van der Waals surface area contributed by atoms with Gasteiger partial charge < -0.3 is 0 Å². The van der Waals surface area contributed by atoms with Crippen LogP contribution in [0.4, 0.5) is 0 Å². The second-order valence-corrected chi connectivity index (χ2v) is 10.8. The Labute approximate surface area is 195 Å². The molecule has 0 saturated heterocycles. The van der Waals surface area contributed by atoms with Gasteiger partial charge in [-0.15, -0.1) is 0 Å². The molecule has 0 aromatic heterocycles. The number of hydrogen-bond donors (Lipinski definition) is 1. The first-order valence-electron chi connectivity index (χ1n) is 13.5. The highest BCUT2D eigenvalue weighted by atomic mass is 32.3. The lowest BCUT2D eigenvalue weighted by molar-refractivity contribution is 0.0954. The van der Waals surface area contributed by atoms with Gasteiger partial charge >= 0.3 is 10.4 Å². The van der Waals surface area contributed by atoms with E-state index in [1.165, 1.54) is 96.3 Å². The summed E-state index contributed by atoms with van der Waals surface area (Å²) in [5, 5.41) is 0. The van der Waals surface area contributed by atoms with Crippen LogP contribution in [0.15, 0.2) is 0 Å². The van der Waals surface area contributed by atoms with Crippen LogP contribution in [-0.2, 0) is 14.6 Å². The maximum atomic E-state index is 11.4. The van der Waals surface area contributed by atoms with E-state index in [0.717, 1.165) is 38.5 Å². The summed E-state index contributed by atoms with van der Waals surface area (Å²) < 4.78 is 37.0. The molecule has 0 atom stereocenters. The van der Waals surface area contributed by atoms with Gasteiger partial charge in [0.1, 0.15) is 0 Å². The Morgan fingerprint density at radius 3 is 1.13 bits per heavy atom. The normalized spacial score (nSPS) is 12.5. The van der Waals surface area contributed by atoms with Crippen LogP contribution in [0.2, 0.25) is 0 Å². The SMILES string of the molecule is CCCCCCCCC(CCCCCCCC)(CCCCCCCC)COS(=O)(=O)O. The summed E-state index contributed by atoms with van der Waals surface area (Å²) in [7, 11) is -4.39. The Morgan fingerprint density at radius 2 is 0.839 bits per heavy atom. The van der Waals surface area contributed by atoms with Crippen LogP contribution in [0.25, 0.3) is 0 Å². The van der Waals surface area contributed by atoms with Gasteiger partial charge in [-0.2, -0.15) is 8.42 Å². The molecule has 31 heavy (non-hydrogen) atoms. The van der Waals surface area contributed by atoms with E-state index in [9.17, 15) is 13.0 Å². The molecule has 0 radical (unpaired) electrons. The average molecular weight is 463 g/mol. The van der Waals surface area contributed by atoms with Crippen LogP contribution in [0.3, 0.4) is 0 Å². The summed E-state index contributed by atoms with van der Waals surface area (Å²) in [6, 6.07) is 0. The van der Waals surface area contributed by atoms with Crippen LogP contribution in [-0.4, -0.2) is 19.6 Å². The fourth-order valence-electron chi connectivity index (χ4n) is 4.63. The summed E-state index contributed by atoms with van der Waals surface area (Å²) in [6.45, 7) is 6.85. The molecule has 0 aliphatic heterocycles. The zero-order valence-electron chi connectivity index (χ0n) is 21.1. The minimum Gasteiger partial charge on any atom is -0.264 e. The molecule has 0 amide bonds. The van der Waals surface area contributed by atoms with Gasteiger partial charge in [0.15, 0.2) is 0 Å². The number of rotatable bonds is 24. The molecule has 0 heterocycles. The van der Waals surface area contributed by atoms with E-state index < -0.39 is 10.4 Å². The van der Waals surface area contributed by atoms with E-state index in [1.807, 2.05) is 0 Å². The molecule has 0 saturated carbocycles. The summed E-state index contributed by atoms with van der Waals surface area (Å²) in [5.74, 6) is 0. The largest absolute Gasteiger partial charge is 0.397 e. The van der Waals surface area contributed by atoms with Crippen molar-refractivity contribution in [2.24, 2.45) is 5.41 Å². The van der Waals surface area contributed by atoms with E-state index in [-0.39, 0.29) is 12.0 Å². The van der Waals surface area contributed by atoms with Gasteiger partial charge in [-0.1, -0.05) is 136 Å². The Hall–Kier alpha value is -0.130. The Morgan fingerprint density at radius 1 is 0.548 bits per heavy atom. The van der Waals surface area contributed by atoms with Gasteiger partial charge in [-0.3, -0.25) is 4.55 Å². The van der Waals surface area contributed by atoms with E-state index in [1.54, 1.807) is 0 Å². The van der Waals surface area contributed by atoms with Gasteiger partial charge in [0.2, 0.25) is 0 Å². The van der Waals surface area contributed by atoms with Crippen molar-refractivity contribution in [3.05, 3.63) is 0 Å². The van der Waals surface area contributed by atoms with Crippen LogP contribution in [0.1, 0.15) is 156 Å². The van der Waals surface area contributed by atoms with Gasteiger partial charge in [-0.25, -0.2) is 4.18 Å². The van der Waals surface area contributed by atoms with E-state index >= 15 is 0 Å². The quantitative estimate of drug-likeness (QED) is 0.115. The molecule has 0 unspecified atom stereocenters. The Balaban J connectivity index is 4.84. The third-order valence-electron chi connectivity index (χ3n) is 6.70. The monoisotopic (exact) mass is 462 g/mol. The van der Waals surface area contributed by atoms with Crippen LogP contribution >= 0.6 is 0 Å². The second kappa shape index (κ2) is 20.5. The lowest BCUT2D eigenvalue weighted by Gasteiger charge is -2.34. The minimum atomic E-state index is -4.39. The summed E-state index contributed by atoms with van der Waals surface area (Å²) in [6.07, 6.45) is 25.4. The third-order valence-corrected chi connectivity index (χ3v) is 7.11. The maximum absolute atomic E-state index is 11.4. The second-order valence-electron chi connectivity index (χ2n) is 9.74. The smallest absolute Gasteiger partial charge is 0.264 e. The fourth-order valence-corrected chi connectivity index (χ4v) is 5.03. The van der Waals surface area contributed by atoms with Crippen molar-refractivity contribution >= 4 is 10.4 Å². The highest BCUT2D eigenvalue weighted by Gasteiger charge is 2.31. The average Bonchev–Trinajstić information content (AvgIpc) is 2.73. The summed E-state index contributed by atoms with van der Waals surface area (Å²) >= 11 is 0. The first-order chi connectivity index (χ1) is 14.9. The molecule has 4 nitrogen and oxygen atoms in total. The van der Waals surface area contributed by atoms with E-state index in [2.05, 4.69) is 20.8 Å². The van der Waals surface area contributed by atoms with Crippen LogP contribution in [0, 0.1) is 5.41 Å². The molecule has 0 aromatic rings. The zero-order chi connectivity index (χ0) is 23.3. The molecule has 0 aliphatic carbocycles. The van der Waals surface area contributed by atoms with E-state index in [4.69, 9.17) is 4.18 Å². The number of hydrogen-bond acceptors (Lipinski definition) is 3. The van der Waals surface area contributed by atoms with Crippen molar-refractivity contribution in [2.45, 2.75) is 156 Å². The molecule has 188 valence electrons. The van der Waals surface area contributed by atoms with Crippen LogP contribution in [0.5, 0.6) is 0 Å². The zero-order valence-corrected chi connectivity index (χ0v) is 22.0. The maximum Gasteiger partial charge on any atom is 0.397 e. The first kappa shape index (κ1) is 30.9. The molecule has 5 heteroatoms. The topological polar surface area (TPSA) is 63.6 Å². The predicted molar refractivity (Wildman–Crippen MR) is 134 cm³/mol. The molecular formula is C26H54O4S. The van der Waals surface area contributed by atoms with Crippen molar-refractivity contribution in [3.63, 3.8) is 0 Å². The van der Waals surface area contributed by atoms with Gasteiger partial charge in [0, 0.05) is 0 Å². The Kier molecular flexibility index (Phi) is 20.4.